The van der Waals surface area contributed by atoms with Crippen molar-refractivity contribution in [1.82, 2.24) is 4.90 Å². The Morgan fingerprint density at radius 3 is 2.57 bits per heavy atom. The maximum absolute atomic E-state index is 13.5. The molecule has 1 fully saturated rings. The molecule has 0 bridgehead atoms. The number of thioether (sulfide) groups is 1. The zero-order valence-corrected chi connectivity index (χ0v) is 17.4. The molecule has 1 aliphatic carbocycles. The molecular formula is C23H23N3O3S. The van der Waals surface area contributed by atoms with Gasteiger partial charge in [0, 0.05) is 29.1 Å². The van der Waals surface area contributed by atoms with Crippen molar-refractivity contribution in [1.29, 1.82) is 0 Å². The Morgan fingerprint density at radius 2 is 1.77 bits per heavy atom. The zero-order valence-electron chi connectivity index (χ0n) is 16.5. The van der Waals surface area contributed by atoms with E-state index in [1.807, 2.05) is 41.3 Å². The van der Waals surface area contributed by atoms with Crippen LogP contribution in [0.3, 0.4) is 0 Å². The van der Waals surface area contributed by atoms with Crippen molar-refractivity contribution in [2.75, 3.05) is 11.9 Å². The van der Waals surface area contributed by atoms with Gasteiger partial charge in [-0.25, -0.2) is 0 Å². The topological polar surface area (TPSA) is 75.5 Å². The van der Waals surface area contributed by atoms with Gasteiger partial charge in [-0.05, 0) is 30.5 Å². The number of nitrogens with one attached hydrogen (secondary N) is 1. The predicted molar refractivity (Wildman–Crippen MR) is 117 cm³/mol. The highest BCUT2D eigenvalue weighted by Crippen LogP contribution is 2.51. The fraction of sp³-hybridized carbons (Fsp3) is 0.348. The molecule has 3 aliphatic rings. The summed E-state index contributed by atoms with van der Waals surface area (Å²) in [5.74, 6) is 0.0257. The van der Waals surface area contributed by atoms with Gasteiger partial charge in [-0.2, -0.15) is 0 Å². The molecule has 2 aliphatic heterocycles. The maximum Gasteiger partial charge on any atom is 0.274 e. The maximum atomic E-state index is 13.5. The molecule has 0 spiro atoms. The largest absolute Gasteiger partial charge is 0.350 e. The second-order valence-corrected chi connectivity index (χ2v) is 9.21. The van der Waals surface area contributed by atoms with Gasteiger partial charge in [0.15, 0.2) is 0 Å². The molecule has 2 aromatic carbocycles. The van der Waals surface area contributed by atoms with Crippen LogP contribution in [0.1, 0.15) is 42.9 Å². The quantitative estimate of drug-likeness (QED) is 0.539. The van der Waals surface area contributed by atoms with E-state index in [9.17, 15) is 14.9 Å². The number of fused-ring (bicyclic) bond motifs is 1. The fourth-order valence-electron chi connectivity index (χ4n) is 4.78. The van der Waals surface area contributed by atoms with Crippen LogP contribution >= 0.6 is 11.8 Å². The fourth-order valence-corrected chi connectivity index (χ4v) is 6.10. The lowest BCUT2D eigenvalue weighted by Gasteiger charge is -2.32. The highest BCUT2D eigenvalue weighted by molar-refractivity contribution is 8.00. The number of nitro benzene ring substituents is 1. The molecule has 5 rings (SSSR count). The van der Waals surface area contributed by atoms with E-state index in [0.717, 1.165) is 41.8 Å². The molecule has 1 unspecified atom stereocenters. The van der Waals surface area contributed by atoms with Crippen LogP contribution in [0, 0.1) is 10.1 Å². The Labute approximate surface area is 179 Å². The Hall–Kier alpha value is -2.80. The minimum Gasteiger partial charge on any atom is -0.350 e. The summed E-state index contributed by atoms with van der Waals surface area (Å²) in [5, 5.41) is 14.9. The first kappa shape index (κ1) is 19.2. The average Bonchev–Trinajstić information content (AvgIpc) is 3.00. The van der Waals surface area contributed by atoms with Gasteiger partial charge in [0.2, 0.25) is 0 Å². The second kappa shape index (κ2) is 7.80. The molecule has 1 atom stereocenters. The SMILES string of the molecule is O=C1C2=C(CN1C1CCCCC1)C(c1ccccc1[N+](=O)[O-])Sc1ccccc1N2. The molecule has 1 saturated carbocycles. The molecule has 2 heterocycles. The molecule has 1 amide bonds. The lowest BCUT2D eigenvalue weighted by atomic mass is 9.94. The Kier molecular flexibility index (Phi) is 4.98. The van der Waals surface area contributed by atoms with Crippen LogP contribution in [-0.2, 0) is 4.79 Å². The third-order valence-electron chi connectivity index (χ3n) is 6.28. The summed E-state index contributed by atoms with van der Waals surface area (Å²) >= 11 is 1.59. The first-order chi connectivity index (χ1) is 14.6. The molecule has 154 valence electrons. The average molecular weight is 422 g/mol. The van der Waals surface area contributed by atoms with Gasteiger partial charge in [-0.1, -0.05) is 49.6 Å². The van der Waals surface area contributed by atoms with Crippen LogP contribution < -0.4 is 5.32 Å². The number of anilines is 1. The van der Waals surface area contributed by atoms with E-state index < -0.39 is 0 Å². The van der Waals surface area contributed by atoms with Crippen molar-refractivity contribution < 1.29 is 9.72 Å². The van der Waals surface area contributed by atoms with Crippen molar-refractivity contribution in [2.45, 2.75) is 48.3 Å². The highest BCUT2D eigenvalue weighted by atomic mass is 32.2. The van der Waals surface area contributed by atoms with Crippen molar-refractivity contribution in [2.24, 2.45) is 0 Å². The second-order valence-electron chi connectivity index (χ2n) is 8.06. The van der Waals surface area contributed by atoms with Gasteiger partial charge in [0.25, 0.3) is 11.6 Å². The smallest absolute Gasteiger partial charge is 0.274 e. The molecule has 2 aromatic rings. The summed E-state index contributed by atoms with van der Waals surface area (Å²) in [6.07, 6.45) is 5.60. The summed E-state index contributed by atoms with van der Waals surface area (Å²) < 4.78 is 0. The molecule has 30 heavy (non-hydrogen) atoms. The number of hydrogen-bond acceptors (Lipinski definition) is 5. The number of carbonyl (C=O) groups excluding carboxylic acids is 1. The normalized spacial score (nSPS) is 21.7. The molecule has 7 heteroatoms. The third kappa shape index (κ3) is 3.27. The Morgan fingerprint density at radius 1 is 1.03 bits per heavy atom. The third-order valence-corrected chi connectivity index (χ3v) is 7.66. The van der Waals surface area contributed by atoms with Crippen molar-refractivity contribution >= 4 is 29.0 Å². The molecule has 0 saturated heterocycles. The van der Waals surface area contributed by atoms with Crippen molar-refractivity contribution in [3.8, 4) is 0 Å². The number of benzene rings is 2. The standard InChI is InChI=1S/C23H23N3O3S/c27-23-21-17(14-25(23)15-8-2-1-3-9-15)22(16-10-4-6-12-19(16)26(28)29)30-20-13-7-5-11-18(20)24-21/h4-7,10-13,15,22,24H,1-3,8-9,14H2. The summed E-state index contributed by atoms with van der Waals surface area (Å²) in [6, 6.07) is 15.0. The van der Waals surface area contributed by atoms with E-state index in [2.05, 4.69) is 5.32 Å². The zero-order chi connectivity index (χ0) is 20.7. The first-order valence-electron chi connectivity index (χ1n) is 10.4. The van der Waals surface area contributed by atoms with Gasteiger partial charge in [0.1, 0.15) is 5.70 Å². The van der Waals surface area contributed by atoms with Crippen LogP contribution in [0.4, 0.5) is 11.4 Å². The molecule has 0 radical (unpaired) electrons. The van der Waals surface area contributed by atoms with Crippen LogP contribution in [0.15, 0.2) is 64.7 Å². The number of nitrogens with zero attached hydrogens (tertiary/aromatic N) is 2. The summed E-state index contributed by atoms with van der Waals surface area (Å²) in [4.78, 5) is 27.9. The molecule has 1 N–H and O–H groups in total. The van der Waals surface area contributed by atoms with Crippen LogP contribution in [0.5, 0.6) is 0 Å². The number of carbonyl (C=O) groups is 1. The van der Waals surface area contributed by atoms with E-state index >= 15 is 0 Å². The predicted octanol–water partition coefficient (Wildman–Crippen LogP) is 5.28. The highest BCUT2D eigenvalue weighted by Gasteiger charge is 2.42. The lowest BCUT2D eigenvalue weighted by molar-refractivity contribution is -0.385. The lowest BCUT2D eigenvalue weighted by Crippen LogP contribution is -2.39. The summed E-state index contributed by atoms with van der Waals surface area (Å²) in [6.45, 7) is 0.531. The van der Waals surface area contributed by atoms with Crippen LogP contribution in [-0.4, -0.2) is 28.3 Å². The van der Waals surface area contributed by atoms with E-state index in [-0.39, 0.29) is 27.8 Å². The number of hydrogen-bond donors (Lipinski definition) is 1. The number of amides is 1. The molecule has 6 nitrogen and oxygen atoms in total. The first-order valence-corrected chi connectivity index (χ1v) is 11.3. The molecular weight excluding hydrogens is 398 g/mol. The van der Waals surface area contributed by atoms with E-state index in [1.54, 1.807) is 23.9 Å². The van der Waals surface area contributed by atoms with E-state index in [0.29, 0.717) is 17.8 Å². The van der Waals surface area contributed by atoms with Gasteiger partial charge in [0.05, 0.1) is 15.9 Å². The Bertz CT molecular complexity index is 1050. The van der Waals surface area contributed by atoms with Crippen LogP contribution in [0.2, 0.25) is 0 Å². The van der Waals surface area contributed by atoms with Gasteiger partial charge in [-0.3, -0.25) is 14.9 Å². The summed E-state index contributed by atoms with van der Waals surface area (Å²) in [7, 11) is 0. The minimum atomic E-state index is -0.323. The Balaban J connectivity index is 1.60. The van der Waals surface area contributed by atoms with E-state index in [4.69, 9.17) is 0 Å². The number of rotatable bonds is 3. The minimum absolute atomic E-state index is 0.0257. The van der Waals surface area contributed by atoms with Crippen molar-refractivity contribution in [3.05, 3.63) is 75.5 Å². The molecule has 0 aromatic heterocycles. The van der Waals surface area contributed by atoms with Crippen LogP contribution in [0.25, 0.3) is 0 Å². The van der Waals surface area contributed by atoms with Gasteiger partial charge >= 0.3 is 0 Å². The number of nitro groups is 1. The number of para-hydroxylation sites is 2. The summed E-state index contributed by atoms with van der Waals surface area (Å²) in [5.41, 5.74) is 3.18. The van der Waals surface area contributed by atoms with Gasteiger partial charge < -0.3 is 10.2 Å². The van der Waals surface area contributed by atoms with E-state index in [1.165, 1.54) is 6.42 Å². The van der Waals surface area contributed by atoms with Crippen molar-refractivity contribution in [3.63, 3.8) is 0 Å². The van der Waals surface area contributed by atoms with Gasteiger partial charge in [-0.15, -0.1) is 11.8 Å². The monoisotopic (exact) mass is 421 g/mol.